The number of ether oxygens (including phenoxy) is 1. The number of hydrogen-bond acceptors (Lipinski definition) is 5. The van der Waals surface area contributed by atoms with Gasteiger partial charge in [0.05, 0.1) is 12.2 Å². The number of aliphatic hydroxyl groups excluding tert-OH is 1. The second-order valence-electron chi connectivity index (χ2n) is 6.98. The van der Waals surface area contributed by atoms with Crippen LogP contribution in [0.5, 0.6) is 23.0 Å². The quantitative estimate of drug-likeness (QED) is 0.610. The highest BCUT2D eigenvalue weighted by Gasteiger charge is 2.16. The van der Waals surface area contributed by atoms with Gasteiger partial charge in [0.25, 0.3) is 0 Å². The molecule has 0 atom stereocenters. The Hall–Kier alpha value is -2.40. The molecular formula is C22H30O5. The topological polar surface area (TPSA) is 90.2 Å². The van der Waals surface area contributed by atoms with Gasteiger partial charge in [-0.25, -0.2) is 0 Å². The Bertz CT molecular complexity index is 644. The minimum Gasteiger partial charge on any atom is -0.508 e. The van der Waals surface area contributed by atoms with Crippen molar-refractivity contribution in [2.24, 2.45) is 0 Å². The molecule has 2 fully saturated rings. The summed E-state index contributed by atoms with van der Waals surface area (Å²) < 4.78 is 5.70. The molecule has 2 aromatic carbocycles. The molecule has 0 heterocycles. The molecule has 2 aromatic rings. The average molecular weight is 374 g/mol. The molecule has 4 N–H and O–H groups in total. The molecule has 5 heteroatoms. The lowest BCUT2D eigenvalue weighted by atomic mass is 10.3. The molecule has 0 unspecified atom stereocenters. The molecule has 0 saturated heterocycles. The largest absolute Gasteiger partial charge is 0.508 e. The van der Waals surface area contributed by atoms with Gasteiger partial charge in [-0.2, -0.15) is 0 Å². The lowest BCUT2D eigenvalue weighted by molar-refractivity contribution is 0.183. The Balaban J connectivity index is 0.000000159. The van der Waals surface area contributed by atoms with Gasteiger partial charge in [-0.3, -0.25) is 0 Å². The molecule has 5 nitrogen and oxygen atoms in total. The van der Waals surface area contributed by atoms with Crippen LogP contribution in [-0.2, 0) is 0 Å². The van der Waals surface area contributed by atoms with Gasteiger partial charge < -0.3 is 25.2 Å². The summed E-state index contributed by atoms with van der Waals surface area (Å²) in [6.07, 6.45) is 9.80. The van der Waals surface area contributed by atoms with Crippen LogP contribution in [-0.4, -0.2) is 32.6 Å². The predicted octanol–water partition coefficient (Wildman–Crippen LogP) is 4.73. The molecular weight excluding hydrogens is 344 g/mol. The molecule has 0 aliphatic heterocycles. The predicted molar refractivity (Wildman–Crippen MR) is 105 cm³/mol. The van der Waals surface area contributed by atoms with E-state index in [1.54, 1.807) is 24.3 Å². The molecule has 0 aromatic heterocycles. The summed E-state index contributed by atoms with van der Waals surface area (Å²) in [5.41, 5.74) is 0. The summed E-state index contributed by atoms with van der Waals surface area (Å²) in [7, 11) is 0. The van der Waals surface area contributed by atoms with Gasteiger partial charge >= 0.3 is 0 Å². The molecule has 27 heavy (non-hydrogen) atoms. The van der Waals surface area contributed by atoms with Crippen LogP contribution in [0.2, 0.25) is 0 Å². The molecule has 0 amide bonds. The summed E-state index contributed by atoms with van der Waals surface area (Å²) in [6.45, 7) is 0. The van der Waals surface area contributed by atoms with Crippen molar-refractivity contribution in [3.05, 3.63) is 48.5 Å². The van der Waals surface area contributed by atoms with Gasteiger partial charge in [0.1, 0.15) is 23.0 Å². The van der Waals surface area contributed by atoms with Crippen molar-refractivity contribution >= 4 is 0 Å². The fraction of sp³-hybridized carbons (Fsp3) is 0.455. The van der Waals surface area contributed by atoms with Gasteiger partial charge in [0, 0.05) is 12.1 Å². The zero-order valence-electron chi connectivity index (χ0n) is 15.6. The standard InChI is InChI=1S/C11H14O2.C6H6O2.C5H10O/c12-9-4-3-7-11(8-9)13-10-5-1-2-6-10;7-5-2-1-3-6(8)4-5;6-5-3-1-2-4-5/h3-4,7-8,10,12H,1-2,5-6H2;1-4,7-8H;5-6H,1-4H2. The first-order valence-electron chi connectivity index (χ1n) is 9.64. The summed E-state index contributed by atoms with van der Waals surface area (Å²) >= 11 is 0. The number of aliphatic hydroxyl groups is 1. The lowest BCUT2D eigenvalue weighted by Gasteiger charge is -2.12. The Labute approximate surface area is 160 Å². The second-order valence-corrected chi connectivity index (χ2v) is 6.98. The third kappa shape index (κ3) is 8.69. The molecule has 4 rings (SSSR count). The number of hydrogen-bond donors (Lipinski definition) is 4. The van der Waals surface area contributed by atoms with Crippen molar-refractivity contribution in [3.8, 4) is 23.0 Å². The van der Waals surface area contributed by atoms with E-state index in [9.17, 15) is 5.11 Å². The number of aromatic hydroxyl groups is 3. The summed E-state index contributed by atoms with van der Waals surface area (Å²) in [4.78, 5) is 0. The first-order chi connectivity index (χ1) is 13.0. The van der Waals surface area contributed by atoms with Crippen molar-refractivity contribution in [1.29, 1.82) is 0 Å². The van der Waals surface area contributed by atoms with Crippen molar-refractivity contribution in [3.63, 3.8) is 0 Å². The molecule has 2 aliphatic rings. The van der Waals surface area contributed by atoms with E-state index in [1.165, 1.54) is 43.9 Å². The van der Waals surface area contributed by atoms with Crippen LogP contribution >= 0.6 is 0 Å². The van der Waals surface area contributed by atoms with E-state index in [0.29, 0.717) is 6.10 Å². The van der Waals surface area contributed by atoms with Crippen molar-refractivity contribution in [2.45, 2.75) is 63.6 Å². The minimum atomic E-state index is 0.0463. The number of rotatable bonds is 2. The van der Waals surface area contributed by atoms with Crippen LogP contribution in [0.25, 0.3) is 0 Å². The van der Waals surface area contributed by atoms with E-state index in [2.05, 4.69) is 0 Å². The fourth-order valence-electron chi connectivity index (χ4n) is 3.15. The van der Waals surface area contributed by atoms with Gasteiger partial charge in [0.15, 0.2) is 0 Å². The molecule has 2 saturated carbocycles. The zero-order chi connectivity index (χ0) is 19.5. The van der Waals surface area contributed by atoms with Crippen LogP contribution in [0.1, 0.15) is 51.4 Å². The third-order valence-corrected chi connectivity index (χ3v) is 4.58. The number of phenols is 3. The number of phenolic OH excluding ortho intramolecular Hbond substituents is 3. The van der Waals surface area contributed by atoms with Crippen LogP contribution in [0.3, 0.4) is 0 Å². The second kappa shape index (κ2) is 11.3. The van der Waals surface area contributed by atoms with Gasteiger partial charge in [-0.05, 0) is 62.8 Å². The van der Waals surface area contributed by atoms with E-state index < -0.39 is 0 Å². The maximum Gasteiger partial charge on any atom is 0.123 e. The van der Waals surface area contributed by atoms with Crippen molar-refractivity contribution in [2.75, 3.05) is 0 Å². The first-order valence-corrected chi connectivity index (χ1v) is 9.64. The smallest absolute Gasteiger partial charge is 0.123 e. The summed E-state index contributed by atoms with van der Waals surface area (Å²) in [5.74, 6) is 1.23. The van der Waals surface area contributed by atoms with Gasteiger partial charge in [-0.15, -0.1) is 0 Å². The molecule has 2 aliphatic carbocycles. The third-order valence-electron chi connectivity index (χ3n) is 4.58. The Morgan fingerprint density at radius 3 is 1.56 bits per heavy atom. The monoisotopic (exact) mass is 374 g/mol. The first kappa shape index (κ1) is 20.9. The van der Waals surface area contributed by atoms with Crippen LogP contribution in [0, 0.1) is 0 Å². The van der Waals surface area contributed by atoms with E-state index in [4.69, 9.17) is 20.1 Å². The van der Waals surface area contributed by atoms with Crippen LogP contribution in [0.15, 0.2) is 48.5 Å². The Morgan fingerprint density at radius 2 is 1.15 bits per heavy atom. The number of benzene rings is 2. The van der Waals surface area contributed by atoms with E-state index in [-0.39, 0.29) is 23.4 Å². The highest BCUT2D eigenvalue weighted by molar-refractivity contribution is 5.32. The zero-order valence-corrected chi connectivity index (χ0v) is 15.6. The fourth-order valence-corrected chi connectivity index (χ4v) is 3.15. The van der Waals surface area contributed by atoms with E-state index in [0.717, 1.165) is 31.4 Å². The highest BCUT2D eigenvalue weighted by atomic mass is 16.5. The van der Waals surface area contributed by atoms with Crippen molar-refractivity contribution < 1.29 is 25.2 Å². The SMILES string of the molecule is OC1CCCC1.Oc1cccc(O)c1.Oc1cccc(OC2CCCC2)c1. The molecule has 0 radical (unpaired) electrons. The van der Waals surface area contributed by atoms with Gasteiger partial charge in [0.2, 0.25) is 0 Å². The van der Waals surface area contributed by atoms with Crippen LogP contribution in [0.4, 0.5) is 0 Å². The van der Waals surface area contributed by atoms with Gasteiger partial charge in [-0.1, -0.05) is 25.0 Å². The molecule has 0 spiro atoms. The normalized spacial score (nSPS) is 16.8. The molecule has 0 bridgehead atoms. The lowest BCUT2D eigenvalue weighted by Crippen LogP contribution is -2.10. The van der Waals surface area contributed by atoms with Crippen LogP contribution < -0.4 is 4.74 Å². The highest BCUT2D eigenvalue weighted by Crippen LogP contribution is 2.25. The molecule has 148 valence electrons. The van der Waals surface area contributed by atoms with Crippen molar-refractivity contribution in [1.82, 2.24) is 0 Å². The van der Waals surface area contributed by atoms with E-state index >= 15 is 0 Å². The summed E-state index contributed by atoms with van der Waals surface area (Å²) in [6, 6.07) is 12.9. The average Bonchev–Trinajstić information content (AvgIpc) is 3.30. The minimum absolute atomic E-state index is 0.0463. The summed E-state index contributed by atoms with van der Waals surface area (Å²) in [5, 5.41) is 35.2. The maximum absolute atomic E-state index is 9.21. The maximum atomic E-state index is 9.21. The van der Waals surface area contributed by atoms with E-state index in [1.807, 2.05) is 6.07 Å². The Morgan fingerprint density at radius 1 is 0.667 bits per heavy atom. The Kier molecular flexibility index (Phi) is 8.78.